The van der Waals surface area contributed by atoms with Gasteiger partial charge in [0.05, 0.1) is 0 Å². The van der Waals surface area contributed by atoms with E-state index in [0.29, 0.717) is 0 Å². The first-order valence-corrected chi connectivity index (χ1v) is 5.47. The molecule has 0 radical (unpaired) electrons. The maximum absolute atomic E-state index is 11.2. The third-order valence-electron chi connectivity index (χ3n) is 1.83. The Labute approximate surface area is 81.3 Å². The lowest BCUT2D eigenvalue weighted by atomic mass is 10.1. The van der Waals surface area contributed by atoms with Crippen molar-refractivity contribution >= 4 is 23.0 Å². The van der Waals surface area contributed by atoms with Gasteiger partial charge in [0.15, 0.2) is 0 Å². The molecule has 0 fully saturated rings. The summed E-state index contributed by atoms with van der Waals surface area (Å²) in [6.07, 6.45) is 5.17. The summed E-state index contributed by atoms with van der Waals surface area (Å²) in [7, 11) is -0.933. The third-order valence-corrected chi connectivity index (χ3v) is 2.75. The van der Waals surface area contributed by atoms with Crippen molar-refractivity contribution < 1.29 is 4.21 Å². The Hall–Kier alpha value is -1.15. The van der Waals surface area contributed by atoms with Gasteiger partial charge in [-0.3, -0.25) is 4.21 Å². The van der Waals surface area contributed by atoms with E-state index in [4.69, 9.17) is 0 Å². The summed E-state index contributed by atoms with van der Waals surface area (Å²) >= 11 is 0. The normalized spacial score (nSPS) is 12.1. The largest absolute Gasteiger partial charge is 0.255 e. The van der Waals surface area contributed by atoms with Crippen LogP contribution >= 0.6 is 0 Å². The van der Waals surface area contributed by atoms with E-state index in [-0.39, 0.29) is 0 Å². The minimum absolute atomic E-state index is 0.820. The molecule has 1 aromatic rings. The van der Waals surface area contributed by atoms with Crippen LogP contribution in [0.5, 0.6) is 0 Å². The van der Waals surface area contributed by atoms with Gasteiger partial charge in [0.2, 0.25) is 0 Å². The lowest BCUT2D eigenvalue weighted by molar-refractivity contribution is 0.687. The summed E-state index contributed by atoms with van der Waals surface area (Å²) in [6, 6.07) is 5.63. The van der Waals surface area contributed by atoms with Crippen LogP contribution in [0.2, 0.25) is 0 Å². The van der Waals surface area contributed by atoms with Crippen molar-refractivity contribution in [3.8, 4) is 0 Å². The first-order valence-electron chi connectivity index (χ1n) is 3.91. The van der Waals surface area contributed by atoms with Crippen molar-refractivity contribution in [2.45, 2.75) is 4.90 Å². The summed E-state index contributed by atoms with van der Waals surface area (Å²) in [5.74, 6) is 0. The number of hydrogen-bond donors (Lipinski definition) is 0. The summed E-state index contributed by atoms with van der Waals surface area (Å²) in [4.78, 5) is 0.820. The average molecular weight is 192 g/mol. The molecular weight excluding hydrogens is 180 g/mol. The predicted octanol–water partition coefficient (Wildman–Crippen LogP) is 2.71. The quantitative estimate of drug-likeness (QED) is 0.719. The second kappa shape index (κ2) is 4.19. The Morgan fingerprint density at radius 3 is 2.31 bits per heavy atom. The fourth-order valence-electron chi connectivity index (χ4n) is 1.09. The van der Waals surface area contributed by atoms with Gasteiger partial charge in [0.25, 0.3) is 0 Å². The molecule has 1 rings (SSSR count). The Morgan fingerprint density at radius 1 is 1.23 bits per heavy atom. The zero-order chi connectivity index (χ0) is 9.84. The van der Waals surface area contributed by atoms with Gasteiger partial charge >= 0.3 is 0 Å². The second-order valence-electron chi connectivity index (χ2n) is 2.65. The smallest absolute Gasteiger partial charge is 0.0498 e. The van der Waals surface area contributed by atoms with E-state index in [0.717, 1.165) is 16.0 Å². The highest BCUT2D eigenvalue weighted by molar-refractivity contribution is 7.84. The molecular formula is C11H12OS. The molecule has 1 aromatic carbocycles. The van der Waals surface area contributed by atoms with Gasteiger partial charge in [0, 0.05) is 22.0 Å². The van der Waals surface area contributed by atoms with Crippen LogP contribution in [0.4, 0.5) is 0 Å². The molecule has 0 aliphatic rings. The molecule has 13 heavy (non-hydrogen) atoms. The Bertz CT molecular complexity index is 366. The van der Waals surface area contributed by atoms with Crippen LogP contribution in [0.1, 0.15) is 11.1 Å². The Morgan fingerprint density at radius 2 is 1.85 bits per heavy atom. The van der Waals surface area contributed by atoms with Crippen molar-refractivity contribution in [3.05, 3.63) is 42.5 Å². The highest BCUT2D eigenvalue weighted by Crippen LogP contribution is 2.16. The van der Waals surface area contributed by atoms with Gasteiger partial charge in [-0.15, -0.1) is 0 Å². The fourth-order valence-corrected chi connectivity index (χ4v) is 1.65. The van der Waals surface area contributed by atoms with Crippen molar-refractivity contribution in [3.63, 3.8) is 0 Å². The number of hydrogen-bond acceptors (Lipinski definition) is 1. The van der Waals surface area contributed by atoms with E-state index in [1.165, 1.54) is 0 Å². The SMILES string of the molecule is C=Cc1ccc(S(C)=O)cc1C=C. The molecule has 1 nitrogen and oxygen atoms in total. The van der Waals surface area contributed by atoms with E-state index in [2.05, 4.69) is 13.2 Å². The van der Waals surface area contributed by atoms with E-state index in [9.17, 15) is 4.21 Å². The minimum Gasteiger partial charge on any atom is -0.255 e. The molecule has 0 aromatic heterocycles. The van der Waals surface area contributed by atoms with Crippen LogP contribution in [0, 0.1) is 0 Å². The average Bonchev–Trinajstić information content (AvgIpc) is 2.16. The molecule has 0 bridgehead atoms. The van der Waals surface area contributed by atoms with Crippen LogP contribution in [0.3, 0.4) is 0 Å². The summed E-state index contributed by atoms with van der Waals surface area (Å²) in [5.41, 5.74) is 1.99. The summed E-state index contributed by atoms with van der Waals surface area (Å²) < 4.78 is 11.2. The van der Waals surface area contributed by atoms with Crippen LogP contribution in [-0.4, -0.2) is 10.5 Å². The van der Waals surface area contributed by atoms with Gasteiger partial charge < -0.3 is 0 Å². The Balaban J connectivity index is 3.28. The minimum atomic E-state index is -0.933. The second-order valence-corrected chi connectivity index (χ2v) is 4.03. The topological polar surface area (TPSA) is 17.1 Å². The van der Waals surface area contributed by atoms with E-state index in [1.54, 1.807) is 18.4 Å². The number of benzene rings is 1. The van der Waals surface area contributed by atoms with Crippen molar-refractivity contribution in [2.24, 2.45) is 0 Å². The Kier molecular flexibility index (Phi) is 3.20. The molecule has 0 spiro atoms. The molecule has 0 saturated carbocycles. The van der Waals surface area contributed by atoms with Gasteiger partial charge in [0.1, 0.15) is 0 Å². The lowest BCUT2D eigenvalue weighted by Gasteiger charge is -2.02. The molecule has 0 N–H and O–H groups in total. The lowest BCUT2D eigenvalue weighted by Crippen LogP contribution is -1.89. The maximum atomic E-state index is 11.2. The highest BCUT2D eigenvalue weighted by atomic mass is 32.2. The first-order chi connectivity index (χ1) is 6.19. The van der Waals surface area contributed by atoms with Crippen LogP contribution in [-0.2, 0) is 10.8 Å². The van der Waals surface area contributed by atoms with Crippen LogP contribution < -0.4 is 0 Å². The van der Waals surface area contributed by atoms with Crippen molar-refractivity contribution in [1.82, 2.24) is 0 Å². The molecule has 0 saturated heterocycles. The van der Waals surface area contributed by atoms with Gasteiger partial charge in [-0.25, -0.2) is 0 Å². The molecule has 0 heterocycles. The molecule has 2 heteroatoms. The van der Waals surface area contributed by atoms with Crippen LogP contribution in [0.15, 0.2) is 36.3 Å². The van der Waals surface area contributed by atoms with E-state index < -0.39 is 10.8 Å². The zero-order valence-electron chi connectivity index (χ0n) is 7.62. The number of rotatable bonds is 3. The molecule has 1 unspecified atom stereocenters. The zero-order valence-corrected chi connectivity index (χ0v) is 8.43. The molecule has 68 valence electrons. The van der Waals surface area contributed by atoms with Crippen LogP contribution in [0.25, 0.3) is 12.2 Å². The van der Waals surface area contributed by atoms with Gasteiger partial charge in [-0.1, -0.05) is 31.4 Å². The third kappa shape index (κ3) is 2.16. The highest BCUT2D eigenvalue weighted by Gasteiger charge is 2.00. The van der Waals surface area contributed by atoms with E-state index in [1.807, 2.05) is 18.2 Å². The van der Waals surface area contributed by atoms with Gasteiger partial charge in [-0.05, 0) is 23.3 Å². The van der Waals surface area contributed by atoms with E-state index >= 15 is 0 Å². The fraction of sp³-hybridized carbons (Fsp3) is 0.0909. The van der Waals surface area contributed by atoms with Crippen molar-refractivity contribution in [1.29, 1.82) is 0 Å². The predicted molar refractivity (Wildman–Crippen MR) is 59.0 cm³/mol. The molecule has 0 aliphatic heterocycles. The monoisotopic (exact) mass is 192 g/mol. The first kappa shape index (κ1) is 9.93. The van der Waals surface area contributed by atoms with Gasteiger partial charge in [-0.2, -0.15) is 0 Å². The maximum Gasteiger partial charge on any atom is 0.0498 e. The molecule has 0 aliphatic carbocycles. The standard InChI is InChI=1S/C11H12OS/c1-4-9-6-7-11(13(3)12)8-10(9)5-2/h4-8H,1-2H2,3H3. The van der Waals surface area contributed by atoms with Crippen molar-refractivity contribution in [2.75, 3.05) is 6.26 Å². The summed E-state index contributed by atoms with van der Waals surface area (Å²) in [6.45, 7) is 7.38. The molecule has 0 amide bonds. The summed E-state index contributed by atoms with van der Waals surface area (Å²) in [5, 5.41) is 0. The molecule has 1 atom stereocenters.